The number of aryl methyl sites for hydroxylation is 1. The molecule has 0 radical (unpaired) electrons. The summed E-state index contributed by atoms with van der Waals surface area (Å²) in [6, 6.07) is 7.23. The highest BCUT2D eigenvalue weighted by Gasteiger charge is 2.64. The predicted molar refractivity (Wildman–Crippen MR) is 115 cm³/mol. The molecule has 3 heterocycles. The van der Waals surface area contributed by atoms with Gasteiger partial charge in [-0.15, -0.1) is 0 Å². The van der Waals surface area contributed by atoms with E-state index in [1.165, 1.54) is 41.6 Å². The molecule has 2 aromatic carbocycles. The van der Waals surface area contributed by atoms with Crippen LogP contribution in [0.15, 0.2) is 59.7 Å². The van der Waals surface area contributed by atoms with Crippen LogP contribution in [0, 0.1) is 34.7 Å². The number of fused-ring (bicyclic) bond motifs is 3. The molecule has 5 rings (SSSR count). The molecular formula is C23H17FN4O5. The zero-order valence-corrected chi connectivity index (χ0v) is 17.3. The van der Waals surface area contributed by atoms with E-state index in [-0.39, 0.29) is 16.9 Å². The van der Waals surface area contributed by atoms with Crippen molar-refractivity contribution >= 4 is 35.2 Å². The van der Waals surface area contributed by atoms with E-state index in [9.17, 15) is 28.9 Å². The Balaban J connectivity index is 1.57. The van der Waals surface area contributed by atoms with Gasteiger partial charge in [0, 0.05) is 23.9 Å². The van der Waals surface area contributed by atoms with Crippen molar-refractivity contribution in [1.29, 1.82) is 0 Å². The maximum absolute atomic E-state index is 13.6. The van der Waals surface area contributed by atoms with Gasteiger partial charge in [0.05, 0.1) is 28.5 Å². The normalized spacial score (nSPS) is 25.4. The first-order valence-electron chi connectivity index (χ1n) is 10.2. The molecule has 166 valence electrons. The van der Waals surface area contributed by atoms with Crippen LogP contribution in [0.2, 0.25) is 0 Å². The van der Waals surface area contributed by atoms with Crippen molar-refractivity contribution < 1.29 is 23.7 Å². The number of nitro groups is 1. The zero-order chi connectivity index (χ0) is 23.4. The van der Waals surface area contributed by atoms with E-state index >= 15 is 0 Å². The number of nitro benzene ring substituents is 1. The standard InChI is InChI=1S/C23H17FN4O5/c1-12-11-15(28(32)33)8-9-16(12)26-22(30)18-17-3-2-10-25-27(17)20(19(18)23(26)31)21(29)13-4-6-14(24)7-5-13/h2-11,17-20H,1H3/t17-,18+,19-,20+/m1/s1. The van der Waals surface area contributed by atoms with Crippen LogP contribution in [-0.4, -0.2) is 45.8 Å². The summed E-state index contributed by atoms with van der Waals surface area (Å²) in [6.07, 6.45) is 4.86. The van der Waals surface area contributed by atoms with Gasteiger partial charge < -0.3 is 0 Å². The summed E-state index contributed by atoms with van der Waals surface area (Å²) >= 11 is 0. The average Bonchev–Trinajstić information content (AvgIpc) is 3.27. The number of anilines is 1. The first-order valence-corrected chi connectivity index (χ1v) is 10.2. The Kier molecular flexibility index (Phi) is 4.66. The fourth-order valence-electron chi connectivity index (χ4n) is 4.86. The maximum Gasteiger partial charge on any atom is 0.269 e. The largest absolute Gasteiger partial charge is 0.292 e. The minimum atomic E-state index is -1.05. The van der Waals surface area contributed by atoms with Gasteiger partial charge in [0.1, 0.15) is 11.9 Å². The predicted octanol–water partition coefficient (Wildman–Crippen LogP) is 2.64. The Morgan fingerprint density at radius 2 is 1.79 bits per heavy atom. The number of nitrogens with zero attached hydrogens (tertiary/aromatic N) is 4. The fourth-order valence-corrected chi connectivity index (χ4v) is 4.86. The number of allylic oxidation sites excluding steroid dienone is 1. The molecule has 2 amide bonds. The number of amides is 2. The highest BCUT2D eigenvalue weighted by Crippen LogP contribution is 2.46. The zero-order valence-electron chi connectivity index (χ0n) is 17.3. The van der Waals surface area contributed by atoms with Gasteiger partial charge in [0.15, 0.2) is 5.78 Å². The Labute approximate surface area is 186 Å². The molecule has 3 aliphatic heterocycles. The van der Waals surface area contributed by atoms with E-state index in [0.717, 1.165) is 17.0 Å². The van der Waals surface area contributed by atoms with Gasteiger partial charge in [-0.3, -0.25) is 29.5 Å². The first-order chi connectivity index (χ1) is 15.8. The number of hydrazone groups is 1. The lowest BCUT2D eigenvalue weighted by atomic mass is 9.86. The molecule has 2 saturated heterocycles. The monoisotopic (exact) mass is 448 g/mol. The van der Waals surface area contributed by atoms with Gasteiger partial charge in [0.25, 0.3) is 5.69 Å². The number of benzene rings is 2. The lowest BCUT2D eigenvalue weighted by Crippen LogP contribution is -2.46. The highest BCUT2D eigenvalue weighted by molar-refractivity contribution is 6.25. The number of hydrogen-bond acceptors (Lipinski definition) is 7. The van der Waals surface area contributed by atoms with E-state index in [2.05, 4.69) is 5.10 Å². The third kappa shape index (κ3) is 3.05. The van der Waals surface area contributed by atoms with Crippen LogP contribution in [-0.2, 0) is 9.59 Å². The average molecular weight is 448 g/mol. The van der Waals surface area contributed by atoms with Gasteiger partial charge in [-0.1, -0.05) is 6.08 Å². The summed E-state index contributed by atoms with van der Waals surface area (Å²) in [4.78, 5) is 52.0. The third-order valence-corrected chi connectivity index (χ3v) is 6.32. The molecule has 0 aliphatic carbocycles. The molecule has 0 spiro atoms. The molecule has 3 aliphatic rings. The number of Topliss-reactive ketones (excluding diaryl/α,β-unsaturated/α-hetero) is 1. The summed E-state index contributed by atoms with van der Waals surface area (Å²) in [5, 5.41) is 16.8. The number of hydrogen-bond donors (Lipinski definition) is 0. The van der Waals surface area contributed by atoms with Crippen LogP contribution < -0.4 is 4.90 Å². The summed E-state index contributed by atoms with van der Waals surface area (Å²) in [7, 11) is 0. The molecule has 0 saturated carbocycles. The van der Waals surface area contributed by atoms with Crippen LogP contribution in [0.3, 0.4) is 0 Å². The number of imide groups is 1. The maximum atomic E-state index is 13.6. The molecule has 0 N–H and O–H groups in total. The second-order valence-corrected chi connectivity index (χ2v) is 8.13. The van der Waals surface area contributed by atoms with Gasteiger partial charge in [-0.25, -0.2) is 9.29 Å². The molecule has 0 bridgehead atoms. The lowest BCUT2D eigenvalue weighted by molar-refractivity contribution is -0.384. The number of ketones is 1. The van der Waals surface area contributed by atoms with Gasteiger partial charge in [-0.2, -0.15) is 5.10 Å². The third-order valence-electron chi connectivity index (χ3n) is 6.32. The van der Waals surface area contributed by atoms with E-state index in [0.29, 0.717) is 5.56 Å². The Morgan fingerprint density at radius 3 is 2.45 bits per heavy atom. The van der Waals surface area contributed by atoms with Crippen LogP contribution in [0.1, 0.15) is 15.9 Å². The second-order valence-electron chi connectivity index (χ2n) is 8.13. The number of non-ortho nitro benzene ring substituents is 1. The van der Waals surface area contributed by atoms with Crippen molar-refractivity contribution in [3.05, 3.63) is 81.7 Å². The SMILES string of the molecule is Cc1cc([N+](=O)[O-])ccc1N1C(=O)[C@@H]2[C@@H](C1=O)[C@@H](C(=O)c1ccc(F)cc1)N1N=CC=C[C@H]21. The van der Waals surface area contributed by atoms with Crippen molar-refractivity contribution in [2.75, 3.05) is 4.90 Å². The number of carbonyl (C=O) groups excluding carboxylic acids is 3. The molecular weight excluding hydrogens is 431 g/mol. The summed E-state index contributed by atoms with van der Waals surface area (Å²) < 4.78 is 13.4. The quantitative estimate of drug-likeness (QED) is 0.308. The summed E-state index contributed by atoms with van der Waals surface area (Å²) in [6.45, 7) is 1.58. The van der Waals surface area contributed by atoms with Crippen molar-refractivity contribution in [2.45, 2.75) is 19.0 Å². The van der Waals surface area contributed by atoms with Crippen molar-refractivity contribution in [3.8, 4) is 0 Å². The van der Waals surface area contributed by atoms with E-state index in [4.69, 9.17) is 0 Å². The Bertz CT molecular complexity index is 1270. The molecule has 4 atom stereocenters. The minimum absolute atomic E-state index is 0.157. The van der Waals surface area contributed by atoms with E-state index in [1.807, 2.05) is 0 Å². The van der Waals surface area contributed by atoms with E-state index < -0.39 is 52.3 Å². The van der Waals surface area contributed by atoms with Gasteiger partial charge >= 0.3 is 0 Å². The topological polar surface area (TPSA) is 113 Å². The summed E-state index contributed by atoms with van der Waals surface area (Å²) in [5.41, 5.74) is 0.681. The highest BCUT2D eigenvalue weighted by atomic mass is 19.1. The van der Waals surface area contributed by atoms with Crippen LogP contribution in [0.5, 0.6) is 0 Å². The minimum Gasteiger partial charge on any atom is -0.292 e. The van der Waals surface area contributed by atoms with Gasteiger partial charge in [-0.05, 0) is 48.9 Å². The van der Waals surface area contributed by atoms with E-state index in [1.54, 1.807) is 19.1 Å². The molecule has 2 fully saturated rings. The van der Waals surface area contributed by atoms with Crippen molar-refractivity contribution in [3.63, 3.8) is 0 Å². The van der Waals surface area contributed by atoms with Crippen molar-refractivity contribution in [2.24, 2.45) is 16.9 Å². The van der Waals surface area contributed by atoms with Crippen molar-refractivity contribution in [1.82, 2.24) is 5.01 Å². The molecule has 2 aromatic rings. The molecule has 0 unspecified atom stereocenters. The Morgan fingerprint density at radius 1 is 1.09 bits per heavy atom. The van der Waals surface area contributed by atoms with Crippen LogP contribution in [0.25, 0.3) is 0 Å². The number of carbonyl (C=O) groups is 3. The second kappa shape index (κ2) is 7.44. The van der Waals surface area contributed by atoms with Crippen LogP contribution in [0.4, 0.5) is 15.8 Å². The smallest absolute Gasteiger partial charge is 0.269 e. The number of halogens is 1. The van der Waals surface area contributed by atoms with Crippen LogP contribution >= 0.6 is 0 Å². The molecule has 0 aromatic heterocycles. The molecule has 33 heavy (non-hydrogen) atoms. The summed E-state index contributed by atoms with van der Waals surface area (Å²) in [5.74, 6) is -3.86. The first kappa shape index (κ1) is 20.7. The Hall–Kier alpha value is -4.21. The molecule has 9 nitrogen and oxygen atoms in total. The molecule has 10 heteroatoms. The fraction of sp³-hybridized carbons (Fsp3) is 0.217. The van der Waals surface area contributed by atoms with Gasteiger partial charge in [0.2, 0.25) is 11.8 Å². The lowest BCUT2D eigenvalue weighted by Gasteiger charge is -2.30. The number of rotatable bonds is 4.